The fourth-order valence-electron chi connectivity index (χ4n) is 5.01. The maximum absolute atomic E-state index is 13.8. The van der Waals surface area contributed by atoms with E-state index in [4.69, 9.17) is 4.74 Å². The van der Waals surface area contributed by atoms with Crippen LogP contribution in [0.15, 0.2) is 79.3 Å². The lowest BCUT2D eigenvalue weighted by Gasteiger charge is -2.19. The molecule has 0 radical (unpaired) electrons. The summed E-state index contributed by atoms with van der Waals surface area (Å²) in [5.41, 5.74) is 4.65. The molecule has 1 fully saturated rings. The first-order chi connectivity index (χ1) is 21.2. The van der Waals surface area contributed by atoms with E-state index in [-0.39, 0.29) is 24.0 Å². The number of rotatable bonds is 10. The van der Waals surface area contributed by atoms with Crippen LogP contribution in [0.3, 0.4) is 0 Å². The van der Waals surface area contributed by atoms with Gasteiger partial charge in [0.1, 0.15) is 23.0 Å². The zero-order valence-electron chi connectivity index (χ0n) is 24.7. The summed E-state index contributed by atoms with van der Waals surface area (Å²) in [7, 11) is 1.60. The smallest absolute Gasteiger partial charge is 0.261 e. The monoisotopic (exact) mass is 592 g/mol. The predicted molar refractivity (Wildman–Crippen MR) is 168 cm³/mol. The van der Waals surface area contributed by atoms with Crippen LogP contribution in [0, 0.1) is 5.82 Å². The summed E-state index contributed by atoms with van der Waals surface area (Å²) in [5.74, 6) is 0.216. The van der Waals surface area contributed by atoms with Gasteiger partial charge in [-0.1, -0.05) is 6.07 Å². The Morgan fingerprint density at radius 3 is 2.70 bits per heavy atom. The first-order valence-corrected chi connectivity index (χ1v) is 14.6. The van der Waals surface area contributed by atoms with Gasteiger partial charge in [0.2, 0.25) is 0 Å². The van der Waals surface area contributed by atoms with Gasteiger partial charge in [-0.3, -0.25) is 9.59 Å². The molecular formula is C34H33FN6O3. The Bertz CT molecular complexity index is 1850. The number of H-pyrrole nitrogens is 1. The zero-order chi connectivity index (χ0) is 30.8. The van der Waals surface area contributed by atoms with E-state index < -0.39 is 5.82 Å². The molecule has 3 N–H and O–H groups in total. The van der Waals surface area contributed by atoms with Gasteiger partial charge in [0.25, 0.3) is 11.8 Å². The van der Waals surface area contributed by atoms with E-state index in [0.717, 1.165) is 34.9 Å². The number of carbonyl (C=O) groups excluding carboxylic acids is 2. The summed E-state index contributed by atoms with van der Waals surface area (Å²) in [6, 6.07) is 17.3. The lowest BCUT2D eigenvalue weighted by Crippen LogP contribution is -2.27. The number of hydrogen-bond donors (Lipinski definition) is 3. The van der Waals surface area contributed by atoms with Gasteiger partial charge in [-0.15, -0.1) is 0 Å². The third kappa shape index (κ3) is 6.39. The number of nitrogens with zero attached hydrogens (tertiary/aromatic N) is 3. The van der Waals surface area contributed by atoms with Gasteiger partial charge in [0, 0.05) is 54.9 Å². The molecule has 3 heterocycles. The van der Waals surface area contributed by atoms with Crippen LogP contribution in [-0.2, 0) is 6.54 Å². The van der Waals surface area contributed by atoms with E-state index in [1.807, 2.05) is 44.3 Å². The molecule has 3 aromatic heterocycles. The van der Waals surface area contributed by atoms with Gasteiger partial charge in [0.05, 0.1) is 17.2 Å². The van der Waals surface area contributed by atoms with E-state index in [1.165, 1.54) is 17.0 Å². The second kappa shape index (κ2) is 12.2. The van der Waals surface area contributed by atoms with Crippen molar-refractivity contribution in [3.05, 3.63) is 102 Å². The molecule has 0 bridgehead atoms. The van der Waals surface area contributed by atoms with E-state index in [1.54, 1.807) is 43.7 Å². The number of nitrogens with one attached hydrogen (secondary N) is 3. The van der Waals surface area contributed by atoms with Crippen LogP contribution in [0.2, 0.25) is 0 Å². The maximum atomic E-state index is 13.8. The highest BCUT2D eigenvalue weighted by Crippen LogP contribution is 2.33. The molecule has 2 aromatic carbocycles. The van der Waals surface area contributed by atoms with Crippen molar-refractivity contribution in [1.82, 2.24) is 20.3 Å². The summed E-state index contributed by atoms with van der Waals surface area (Å²) in [6.07, 6.45) is 7.05. The number of pyridine rings is 2. The molecule has 0 spiro atoms. The highest BCUT2D eigenvalue weighted by atomic mass is 19.1. The minimum Gasteiger partial charge on any atom is -0.491 e. The van der Waals surface area contributed by atoms with Crippen molar-refractivity contribution in [2.24, 2.45) is 0 Å². The number of aromatic nitrogens is 3. The molecular weight excluding hydrogens is 559 g/mol. The van der Waals surface area contributed by atoms with Gasteiger partial charge < -0.3 is 25.3 Å². The van der Waals surface area contributed by atoms with E-state index in [9.17, 15) is 14.0 Å². The van der Waals surface area contributed by atoms with Crippen molar-refractivity contribution in [3.63, 3.8) is 0 Å². The molecule has 224 valence electrons. The SMILES string of the molecule is CC(C)Oc1cc(CNc2ncccc2C(=O)N(C)c2cccc(F)c2)cc(-c2c[nH]c3ncc(C(=O)NC4CC4)cc23)c1. The van der Waals surface area contributed by atoms with Crippen LogP contribution in [0.4, 0.5) is 15.9 Å². The predicted octanol–water partition coefficient (Wildman–Crippen LogP) is 6.33. The minimum absolute atomic E-state index is 0.0493. The third-order valence-corrected chi connectivity index (χ3v) is 7.35. The Kier molecular flexibility index (Phi) is 7.97. The van der Waals surface area contributed by atoms with Crippen molar-refractivity contribution in [2.45, 2.75) is 45.4 Å². The Labute approximate surface area is 254 Å². The number of ether oxygens (including phenoxy) is 1. The number of aromatic amines is 1. The van der Waals surface area contributed by atoms with Crippen molar-refractivity contribution in [3.8, 4) is 16.9 Å². The largest absolute Gasteiger partial charge is 0.491 e. The second-order valence-electron chi connectivity index (χ2n) is 11.2. The van der Waals surface area contributed by atoms with Gasteiger partial charge in [0.15, 0.2) is 0 Å². The molecule has 0 atom stereocenters. The van der Waals surface area contributed by atoms with Gasteiger partial charge in [-0.05, 0) is 92.4 Å². The topological polar surface area (TPSA) is 112 Å². The first kappa shape index (κ1) is 28.9. The minimum atomic E-state index is -0.422. The molecule has 1 aliphatic carbocycles. The van der Waals surface area contributed by atoms with E-state index >= 15 is 0 Å². The normalized spacial score (nSPS) is 12.8. The van der Waals surface area contributed by atoms with Crippen molar-refractivity contribution < 1.29 is 18.7 Å². The summed E-state index contributed by atoms with van der Waals surface area (Å²) in [4.78, 5) is 39.7. The van der Waals surface area contributed by atoms with Crippen LogP contribution in [0.5, 0.6) is 5.75 Å². The van der Waals surface area contributed by atoms with Gasteiger partial charge >= 0.3 is 0 Å². The van der Waals surface area contributed by atoms with Crippen molar-refractivity contribution >= 4 is 34.4 Å². The molecule has 0 unspecified atom stereocenters. The van der Waals surface area contributed by atoms with Crippen LogP contribution < -0.4 is 20.3 Å². The number of hydrogen-bond acceptors (Lipinski definition) is 6. The van der Waals surface area contributed by atoms with Gasteiger partial charge in [-0.2, -0.15) is 0 Å². The molecule has 5 aromatic rings. The fourth-order valence-corrected chi connectivity index (χ4v) is 5.01. The van der Waals surface area contributed by atoms with E-state index in [0.29, 0.717) is 40.6 Å². The maximum Gasteiger partial charge on any atom is 0.261 e. The van der Waals surface area contributed by atoms with Crippen LogP contribution >= 0.6 is 0 Å². The summed E-state index contributed by atoms with van der Waals surface area (Å²) < 4.78 is 19.9. The third-order valence-electron chi connectivity index (χ3n) is 7.35. The lowest BCUT2D eigenvalue weighted by molar-refractivity contribution is 0.0949. The van der Waals surface area contributed by atoms with Gasteiger partial charge in [-0.25, -0.2) is 14.4 Å². The molecule has 1 aliphatic rings. The Morgan fingerprint density at radius 2 is 1.93 bits per heavy atom. The summed E-state index contributed by atoms with van der Waals surface area (Å²) in [6.45, 7) is 4.27. The molecule has 0 aliphatic heterocycles. The molecule has 10 heteroatoms. The zero-order valence-corrected chi connectivity index (χ0v) is 24.7. The molecule has 1 saturated carbocycles. The molecule has 0 saturated heterocycles. The van der Waals surface area contributed by atoms with Crippen LogP contribution in [0.25, 0.3) is 22.2 Å². The Balaban J connectivity index is 1.29. The highest BCUT2D eigenvalue weighted by Gasteiger charge is 2.24. The van der Waals surface area contributed by atoms with Crippen LogP contribution in [0.1, 0.15) is 53.0 Å². The van der Waals surface area contributed by atoms with E-state index in [2.05, 4.69) is 25.6 Å². The average molecular weight is 593 g/mol. The molecule has 44 heavy (non-hydrogen) atoms. The number of benzene rings is 2. The summed E-state index contributed by atoms with van der Waals surface area (Å²) >= 11 is 0. The average Bonchev–Trinajstić information content (AvgIpc) is 3.73. The van der Waals surface area contributed by atoms with Crippen molar-refractivity contribution in [1.29, 1.82) is 0 Å². The fraction of sp³-hybridized carbons (Fsp3) is 0.235. The Morgan fingerprint density at radius 1 is 1.09 bits per heavy atom. The number of anilines is 2. The van der Waals surface area contributed by atoms with Crippen molar-refractivity contribution in [2.75, 3.05) is 17.3 Å². The quantitative estimate of drug-likeness (QED) is 0.175. The summed E-state index contributed by atoms with van der Waals surface area (Å²) in [5, 5.41) is 7.15. The molecule has 2 amide bonds. The first-order valence-electron chi connectivity index (χ1n) is 14.6. The number of carbonyl (C=O) groups is 2. The lowest BCUT2D eigenvalue weighted by atomic mass is 10.0. The molecule has 6 rings (SSSR count). The number of halogens is 1. The number of amides is 2. The van der Waals surface area contributed by atoms with Crippen LogP contribution in [-0.4, -0.2) is 46.0 Å². The number of fused-ring (bicyclic) bond motifs is 1. The standard InChI is InChI=1S/C34H33FN6O3/c1-20(2)44-27-13-21(17-37-31-28(8-5-11-36-31)34(43)41(3)26-7-4-6-24(35)16-26)12-22(14-27)30-19-39-32-29(30)15-23(18-38-32)33(42)40-25-9-10-25/h4-8,11-16,18-20,25H,9-10,17H2,1-3H3,(H,36,37)(H,38,39)(H,40,42). The molecule has 9 nitrogen and oxygen atoms in total. The Hall–Kier alpha value is -5.25. The highest BCUT2D eigenvalue weighted by molar-refractivity contribution is 6.08. The second-order valence-corrected chi connectivity index (χ2v) is 11.2.